The molecule has 0 aliphatic carbocycles. The minimum absolute atomic E-state index is 0.396. The molecule has 1 aromatic carbocycles. The van der Waals surface area contributed by atoms with Crippen molar-refractivity contribution in [3.05, 3.63) is 35.9 Å². The van der Waals surface area contributed by atoms with Gasteiger partial charge in [-0.1, -0.05) is 70.4 Å². The van der Waals surface area contributed by atoms with E-state index >= 15 is 0 Å². The fourth-order valence-electron chi connectivity index (χ4n) is 4.34. The molecule has 1 aliphatic rings. The summed E-state index contributed by atoms with van der Waals surface area (Å²) in [6.45, 7) is 13.2. The van der Waals surface area contributed by atoms with Gasteiger partial charge in [-0.25, -0.2) is 4.79 Å². The standard InChI is InChI=1S/C30H51NO7/c1-7-10-18-34-26-24(31-29(33)38-30(4,5)6)28(36-20-12-9-3)37-25(27(26)35-19-11-8-2)23(32)21-22-16-14-13-15-17-22/h13-17,23-28,32H,7-12,18-21H2,1-6H3,(H,31,33)/t23?,24-,25+,26-,27-,28?/m0/s1. The lowest BCUT2D eigenvalue weighted by molar-refractivity contribution is -0.295. The molecule has 1 fully saturated rings. The third kappa shape index (κ3) is 11.2. The van der Waals surface area contributed by atoms with Gasteiger partial charge < -0.3 is 34.1 Å². The van der Waals surface area contributed by atoms with Crippen LogP contribution in [0.2, 0.25) is 0 Å². The van der Waals surface area contributed by atoms with Crippen LogP contribution in [0.1, 0.15) is 85.6 Å². The van der Waals surface area contributed by atoms with Gasteiger partial charge >= 0.3 is 6.09 Å². The fraction of sp³-hybridized carbons (Fsp3) is 0.767. The number of rotatable bonds is 16. The van der Waals surface area contributed by atoms with Crippen LogP contribution in [0.25, 0.3) is 0 Å². The van der Waals surface area contributed by atoms with E-state index < -0.39 is 48.4 Å². The van der Waals surface area contributed by atoms with Crippen LogP contribution in [0.3, 0.4) is 0 Å². The first kappa shape index (κ1) is 32.5. The molecule has 8 heteroatoms. The van der Waals surface area contributed by atoms with Gasteiger partial charge in [0, 0.05) is 26.2 Å². The monoisotopic (exact) mass is 537 g/mol. The van der Waals surface area contributed by atoms with E-state index in [0.717, 1.165) is 44.1 Å². The number of alkyl carbamates (subject to hydrolysis) is 1. The first-order valence-corrected chi connectivity index (χ1v) is 14.4. The van der Waals surface area contributed by atoms with E-state index in [1.807, 2.05) is 51.1 Å². The second kappa shape index (κ2) is 17.1. The average molecular weight is 538 g/mol. The molecule has 0 radical (unpaired) electrons. The van der Waals surface area contributed by atoms with Gasteiger partial charge in [0.15, 0.2) is 6.29 Å². The summed E-state index contributed by atoms with van der Waals surface area (Å²) in [4.78, 5) is 12.9. The highest BCUT2D eigenvalue weighted by Gasteiger charge is 2.51. The van der Waals surface area contributed by atoms with Gasteiger partial charge in [0.25, 0.3) is 0 Å². The molecule has 1 saturated heterocycles. The van der Waals surface area contributed by atoms with Crippen molar-refractivity contribution < 1.29 is 33.6 Å². The maximum Gasteiger partial charge on any atom is 0.408 e. The maximum absolute atomic E-state index is 12.9. The molecular weight excluding hydrogens is 486 g/mol. The van der Waals surface area contributed by atoms with E-state index in [1.54, 1.807) is 0 Å². The molecule has 8 nitrogen and oxygen atoms in total. The first-order valence-electron chi connectivity index (χ1n) is 14.4. The Hall–Kier alpha value is -1.71. The van der Waals surface area contributed by atoms with Gasteiger partial charge in [-0.05, 0) is 45.6 Å². The lowest BCUT2D eigenvalue weighted by Crippen LogP contribution is -2.67. The molecule has 2 unspecified atom stereocenters. The third-order valence-corrected chi connectivity index (χ3v) is 6.33. The summed E-state index contributed by atoms with van der Waals surface area (Å²) in [6, 6.07) is 9.14. The van der Waals surface area contributed by atoms with E-state index in [0.29, 0.717) is 26.2 Å². The normalized spacial score (nSPS) is 24.7. The van der Waals surface area contributed by atoms with Crippen molar-refractivity contribution in [3.8, 4) is 0 Å². The number of nitrogens with one attached hydrogen (secondary N) is 1. The summed E-state index contributed by atoms with van der Waals surface area (Å²) in [5, 5.41) is 14.4. The van der Waals surface area contributed by atoms with Gasteiger partial charge in [0.05, 0.1) is 6.10 Å². The Morgan fingerprint density at radius 1 is 0.921 bits per heavy atom. The van der Waals surface area contributed by atoms with Gasteiger partial charge in [0.2, 0.25) is 0 Å². The number of hydrogen-bond acceptors (Lipinski definition) is 7. The number of benzene rings is 1. The van der Waals surface area contributed by atoms with Crippen LogP contribution >= 0.6 is 0 Å². The van der Waals surface area contributed by atoms with Crippen LogP contribution in [0.15, 0.2) is 30.3 Å². The number of aliphatic hydroxyl groups is 1. The molecule has 38 heavy (non-hydrogen) atoms. The van der Waals surface area contributed by atoms with Crippen molar-refractivity contribution in [2.24, 2.45) is 0 Å². The van der Waals surface area contributed by atoms with E-state index in [1.165, 1.54) is 0 Å². The minimum atomic E-state index is -0.860. The lowest BCUT2D eigenvalue weighted by Gasteiger charge is -2.47. The molecule has 0 bridgehead atoms. The van der Waals surface area contributed by atoms with Gasteiger partial charge in [0.1, 0.15) is 30.0 Å². The van der Waals surface area contributed by atoms with Crippen LogP contribution in [0, 0.1) is 0 Å². The highest BCUT2D eigenvalue weighted by atomic mass is 16.7. The number of carbonyl (C=O) groups excluding carboxylic acids is 1. The molecule has 6 atom stereocenters. The molecule has 1 aromatic rings. The van der Waals surface area contributed by atoms with Crippen molar-refractivity contribution in [1.29, 1.82) is 0 Å². The first-order chi connectivity index (χ1) is 18.2. The second-order valence-electron chi connectivity index (χ2n) is 11.0. The van der Waals surface area contributed by atoms with Crippen molar-refractivity contribution in [2.45, 2.75) is 129 Å². The summed E-state index contributed by atoms with van der Waals surface area (Å²) in [6.07, 6.45) is 1.66. The highest BCUT2D eigenvalue weighted by Crippen LogP contribution is 2.31. The molecule has 2 N–H and O–H groups in total. The largest absolute Gasteiger partial charge is 0.444 e. The summed E-state index contributed by atoms with van der Waals surface area (Å²) in [5.41, 5.74) is 0.333. The van der Waals surface area contributed by atoms with Crippen molar-refractivity contribution in [1.82, 2.24) is 5.32 Å². The highest BCUT2D eigenvalue weighted by molar-refractivity contribution is 5.68. The zero-order valence-electron chi connectivity index (χ0n) is 24.3. The maximum atomic E-state index is 12.9. The van der Waals surface area contributed by atoms with Gasteiger partial charge in [-0.15, -0.1) is 0 Å². The topological polar surface area (TPSA) is 95.5 Å². The number of amides is 1. The van der Waals surface area contributed by atoms with Crippen LogP contribution in [-0.4, -0.2) is 73.4 Å². The fourth-order valence-corrected chi connectivity index (χ4v) is 4.34. The third-order valence-electron chi connectivity index (χ3n) is 6.33. The lowest BCUT2D eigenvalue weighted by atomic mass is 9.90. The number of aliphatic hydroxyl groups excluding tert-OH is 1. The minimum Gasteiger partial charge on any atom is -0.444 e. The summed E-state index contributed by atoms with van der Waals surface area (Å²) >= 11 is 0. The number of unbranched alkanes of at least 4 members (excludes halogenated alkanes) is 3. The van der Waals surface area contributed by atoms with Crippen molar-refractivity contribution in [2.75, 3.05) is 19.8 Å². The quantitative estimate of drug-likeness (QED) is 0.273. The molecule has 0 spiro atoms. The molecule has 1 heterocycles. The van der Waals surface area contributed by atoms with Crippen LogP contribution in [-0.2, 0) is 30.1 Å². The second-order valence-corrected chi connectivity index (χ2v) is 11.0. The Bertz CT molecular complexity index is 770. The molecule has 0 saturated carbocycles. The van der Waals surface area contributed by atoms with Gasteiger partial charge in [-0.3, -0.25) is 0 Å². The van der Waals surface area contributed by atoms with Crippen molar-refractivity contribution in [3.63, 3.8) is 0 Å². The van der Waals surface area contributed by atoms with E-state index in [2.05, 4.69) is 26.1 Å². The van der Waals surface area contributed by atoms with Gasteiger partial charge in [-0.2, -0.15) is 0 Å². The van der Waals surface area contributed by atoms with Crippen molar-refractivity contribution >= 4 is 6.09 Å². The molecular formula is C30H51NO7. The molecule has 0 aromatic heterocycles. The Kier molecular flexibility index (Phi) is 14.6. The molecule has 218 valence electrons. The zero-order valence-corrected chi connectivity index (χ0v) is 24.3. The SMILES string of the molecule is CCCCOC1O[C@H](C(O)Cc2ccccc2)[C@H](OCCCC)[C@@H](OCCCC)[C@@H]1NC(=O)OC(C)(C)C. The van der Waals surface area contributed by atoms with E-state index in [9.17, 15) is 9.90 Å². The Balaban J connectivity index is 2.40. The molecule has 1 amide bonds. The average Bonchev–Trinajstić information content (AvgIpc) is 2.86. The molecule has 2 rings (SSSR count). The van der Waals surface area contributed by atoms with Crippen LogP contribution in [0.5, 0.6) is 0 Å². The van der Waals surface area contributed by atoms with E-state index in [4.69, 9.17) is 23.7 Å². The van der Waals surface area contributed by atoms with Crippen LogP contribution < -0.4 is 5.32 Å². The number of hydrogen-bond donors (Lipinski definition) is 2. The number of ether oxygens (including phenoxy) is 5. The Labute approximate surface area is 229 Å². The predicted molar refractivity (Wildman–Crippen MR) is 148 cm³/mol. The summed E-state index contributed by atoms with van der Waals surface area (Å²) in [7, 11) is 0. The molecule has 1 aliphatic heterocycles. The zero-order chi connectivity index (χ0) is 28.0. The number of carbonyl (C=O) groups is 1. The Morgan fingerprint density at radius 2 is 1.47 bits per heavy atom. The van der Waals surface area contributed by atoms with Crippen LogP contribution in [0.4, 0.5) is 4.79 Å². The summed E-state index contributed by atoms with van der Waals surface area (Å²) < 4.78 is 31.0. The predicted octanol–water partition coefficient (Wildman–Crippen LogP) is 5.40. The summed E-state index contributed by atoms with van der Waals surface area (Å²) in [5.74, 6) is 0. The smallest absolute Gasteiger partial charge is 0.408 e. The Morgan fingerprint density at radius 3 is 2.03 bits per heavy atom. The van der Waals surface area contributed by atoms with E-state index in [-0.39, 0.29) is 0 Å².